The van der Waals surface area contributed by atoms with E-state index in [9.17, 15) is 0 Å². The van der Waals surface area contributed by atoms with Crippen LogP contribution in [0.1, 0.15) is 38.1 Å². The van der Waals surface area contributed by atoms with Gasteiger partial charge in [-0.2, -0.15) is 0 Å². The molecule has 0 aliphatic rings. The molecule has 0 aliphatic carbocycles. The minimum absolute atomic E-state index is 0.382. The van der Waals surface area contributed by atoms with Crippen LogP contribution >= 0.6 is 15.9 Å². The second kappa shape index (κ2) is 4.42. The molecule has 0 saturated heterocycles. The summed E-state index contributed by atoms with van der Waals surface area (Å²) in [7, 11) is 0. The van der Waals surface area contributed by atoms with E-state index in [1.54, 1.807) is 0 Å². The number of hydrogen-bond donors (Lipinski definition) is 2. The third-order valence-electron chi connectivity index (χ3n) is 3.05. The lowest BCUT2D eigenvalue weighted by Crippen LogP contribution is -2.34. The quantitative estimate of drug-likeness (QED) is 0.909. The molecule has 0 fully saturated rings. The van der Waals surface area contributed by atoms with Crippen molar-refractivity contribution in [2.75, 3.05) is 0 Å². The monoisotopic (exact) mass is 295 g/mol. The van der Waals surface area contributed by atoms with Gasteiger partial charge in [0, 0.05) is 4.47 Å². The molecular formula is C13H18BrN3. The molecule has 0 radical (unpaired) electrons. The molecular weight excluding hydrogens is 278 g/mol. The van der Waals surface area contributed by atoms with Gasteiger partial charge in [-0.05, 0) is 38.0 Å². The zero-order valence-electron chi connectivity index (χ0n) is 10.5. The molecule has 0 spiro atoms. The average Bonchev–Trinajstić information content (AvgIpc) is 2.62. The van der Waals surface area contributed by atoms with E-state index in [4.69, 9.17) is 5.73 Å². The number of fused-ring (bicyclic) bond motifs is 1. The average molecular weight is 296 g/mol. The SMILES string of the molecule is CCCC(C)(N)c1nc2c(C)cc(Br)cc2[nH]1. The first kappa shape index (κ1) is 12.6. The highest BCUT2D eigenvalue weighted by atomic mass is 79.9. The predicted molar refractivity (Wildman–Crippen MR) is 75.0 cm³/mol. The molecule has 17 heavy (non-hydrogen) atoms. The smallest absolute Gasteiger partial charge is 0.127 e. The second-order valence-corrected chi connectivity index (χ2v) is 5.79. The molecule has 1 atom stereocenters. The van der Waals surface area contributed by atoms with Gasteiger partial charge in [0.25, 0.3) is 0 Å². The highest BCUT2D eigenvalue weighted by Crippen LogP contribution is 2.27. The second-order valence-electron chi connectivity index (χ2n) is 4.87. The fourth-order valence-corrected chi connectivity index (χ4v) is 2.73. The Labute approximate surface area is 110 Å². The van der Waals surface area contributed by atoms with E-state index in [-0.39, 0.29) is 5.54 Å². The van der Waals surface area contributed by atoms with E-state index in [1.807, 2.05) is 13.0 Å². The van der Waals surface area contributed by atoms with E-state index in [0.717, 1.165) is 39.7 Å². The number of aromatic nitrogens is 2. The van der Waals surface area contributed by atoms with Crippen molar-refractivity contribution in [3.8, 4) is 0 Å². The molecule has 1 aromatic heterocycles. The van der Waals surface area contributed by atoms with Crippen molar-refractivity contribution < 1.29 is 0 Å². The number of imidazole rings is 1. The van der Waals surface area contributed by atoms with Crippen LogP contribution in [0.5, 0.6) is 0 Å². The summed E-state index contributed by atoms with van der Waals surface area (Å²) >= 11 is 3.49. The number of halogens is 1. The van der Waals surface area contributed by atoms with Crippen LogP contribution in [-0.2, 0) is 5.54 Å². The van der Waals surface area contributed by atoms with Crippen LogP contribution in [0.4, 0.5) is 0 Å². The van der Waals surface area contributed by atoms with Gasteiger partial charge in [0.2, 0.25) is 0 Å². The molecule has 4 heteroatoms. The lowest BCUT2D eigenvalue weighted by Gasteiger charge is -2.20. The van der Waals surface area contributed by atoms with Crippen LogP contribution in [0.2, 0.25) is 0 Å². The largest absolute Gasteiger partial charge is 0.340 e. The van der Waals surface area contributed by atoms with Gasteiger partial charge >= 0.3 is 0 Å². The Balaban J connectivity index is 2.55. The van der Waals surface area contributed by atoms with Crippen molar-refractivity contribution in [3.05, 3.63) is 28.0 Å². The normalized spacial score (nSPS) is 15.1. The van der Waals surface area contributed by atoms with Crippen molar-refractivity contribution in [1.29, 1.82) is 0 Å². The zero-order valence-corrected chi connectivity index (χ0v) is 12.1. The van der Waals surface area contributed by atoms with Crippen molar-refractivity contribution in [2.24, 2.45) is 5.73 Å². The summed E-state index contributed by atoms with van der Waals surface area (Å²) in [5.41, 5.74) is 9.12. The minimum Gasteiger partial charge on any atom is -0.340 e. The summed E-state index contributed by atoms with van der Waals surface area (Å²) in [5, 5.41) is 0. The first-order valence-corrected chi connectivity index (χ1v) is 6.68. The lowest BCUT2D eigenvalue weighted by molar-refractivity contribution is 0.424. The Morgan fingerprint density at radius 1 is 1.47 bits per heavy atom. The van der Waals surface area contributed by atoms with E-state index >= 15 is 0 Å². The number of benzene rings is 1. The Hall–Kier alpha value is -0.870. The van der Waals surface area contributed by atoms with Crippen LogP contribution in [-0.4, -0.2) is 9.97 Å². The summed E-state index contributed by atoms with van der Waals surface area (Å²) < 4.78 is 1.06. The van der Waals surface area contributed by atoms with Gasteiger partial charge in [0.1, 0.15) is 5.82 Å². The minimum atomic E-state index is -0.382. The third-order valence-corrected chi connectivity index (χ3v) is 3.51. The first-order valence-electron chi connectivity index (χ1n) is 5.89. The van der Waals surface area contributed by atoms with E-state index in [0.29, 0.717) is 0 Å². The first-order chi connectivity index (χ1) is 7.94. The molecule has 2 rings (SSSR count). The molecule has 1 heterocycles. The number of hydrogen-bond acceptors (Lipinski definition) is 2. The highest BCUT2D eigenvalue weighted by Gasteiger charge is 2.24. The fourth-order valence-electron chi connectivity index (χ4n) is 2.15. The molecule has 3 N–H and O–H groups in total. The zero-order chi connectivity index (χ0) is 12.6. The summed E-state index contributed by atoms with van der Waals surface area (Å²) in [4.78, 5) is 7.98. The summed E-state index contributed by atoms with van der Waals surface area (Å²) in [6, 6.07) is 4.11. The van der Waals surface area contributed by atoms with Crippen molar-refractivity contribution in [3.63, 3.8) is 0 Å². The predicted octanol–water partition coefficient (Wildman–Crippen LogP) is 3.61. The van der Waals surface area contributed by atoms with Crippen molar-refractivity contribution in [1.82, 2.24) is 9.97 Å². The van der Waals surface area contributed by atoms with Crippen molar-refractivity contribution in [2.45, 2.75) is 39.2 Å². The standard InChI is InChI=1S/C13H18BrN3/c1-4-5-13(3,15)12-16-10-7-9(14)6-8(2)11(10)17-12/h6-7H,4-5,15H2,1-3H3,(H,16,17). The van der Waals surface area contributed by atoms with Gasteiger partial charge in [-0.3, -0.25) is 0 Å². The maximum atomic E-state index is 6.30. The maximum absolute atomic E-state index is 6.30. The van der Waals surface area contributed by atoms with Gasteiger partial charge < -0.3 is 10.7 Å². The molecule has 0 amide bonds. The van der Waals surface area contributed by atoms with Crippen LogP contribution in [0.25, 0.3) is 11.0 Å². The van der Waals surface area contributed by atoms with Gasteiger partial charge in [0.05, 0.1) is 16.6 Å². The molecule has 0 saturated carbocycles. The van der Waals surface area contributed by atoms with Crippen LogP contribution in [0.3, 0.4) is 0 Å². The number of nitrogens with zero attached hydrogens (tertiary/aromatic N) is 1. The highest BCUT2D eigenvalue weighted by molar-refractivity contribution is 9.10. The Kier molecular flexibility index (Phi) is 3.27. The number of aromatic amines is 1. The molecule has 0 bridgehead atoms. The van der Waals surface area contributed by atoms with E-state index in [1.165, 1.54) is 0 Å². The number of nitrogens with one attached hydrogen (secondary N) is 1. The van der Waals surface area contributed by atoms with Crippen LogP contribution in [0, 0.1) is 6.92 Å². The van der Waals surface area contributed by atoms with E-state index in [2.05, 4.69) is 45.8 Å². The molecule has 2 aromatic rings. The Bertz CT molecular complexity index is 543. The molecule has 1 aromatic carbocycles. The Morgan fingerprint density at radius 2 is 2.18 bits per heavy atom. The molecule has 0 aliphatic heterocycles. The lowest BCUT2D eigenvalue weighted by atomic mass is 9.97. The number of rotatable bonds is 3. The Morgan fingerprint density at radius 3 is 2.82 bits per heavy atom. The van der Waals surface area contributed by atoms with Crippen LogP contribution in [0.15, 0.2) is 16.6 Å². The van der Waals surface area contributed by atoms with Gasteiger partial charge in [-0.15, -0.1) is 0 Å². The number of H-pyrrole nitrogens is 1. The molecule has 3 nitrogen and oxygen atoms in total. The van der Waals surface area contributed by atoms with Crippen LogP contribution < -0.4 is 5.73 Å². The van der Waals surface area contributed by atoms with E-state index < -0.39 is 0 Å². The summed E-state index contributed by atoms with van der Waals surface area (Å²) in [6.45, 7) is 6.22. The fraction of sp³-hybridized carbons (Fsp3) is 0.462. The maximum Gasteiger partial charge on any atom is 0.127 e. The molecule has 92 valence electrons. The summed E-state index contributed by atoms with van der Waals surface area (Å²) in [5.74, 6) is 0.871. The molecule has 1 unspecified atom stereocenters. The number of nitrogens with two attached hydrogens (primary N) is 1. The summed E-state index contributed by atoms with van der Waals surface area (Å²) in [6.07, 6.45) is 1.97. The van der Waals surface area contributed by atoms with Gasteiger partial charge in [-0.25, -0.2) is 4.98 Å². The van der Waals surface area contributed by atoms with Crippen molar-refractivity contribution >= 4 is 27.0 Å². The number of aryl methyl sites for hydroxylation is 1. The van der Waals surface area contributed by atoms with Gasteiger partial charge in [0.15, 0.2) is 0 Å². The topological polar surface area (TPSA) is 54.7 Å². The third kappa shape index (κ3) is 2.38. The van der Waals surface area contributed by atoms with Gasteiger partial charge in [-0.1, -0.05) is 29.3 Å².